The molecule has 2 aromatic carbocycles. The second kappa shape index (κ2) is 11.5. The van der Waals surface area contributed by atoms with Crippen LogP contribution in [-0.2, 0) is 13.0 Å². The van der Waals surface area contributed by atoms with Gasteiger partial charge in [0.15, 0.2) is 5.96 Å². The summed E-state index contributed by atoms with van der Waals surface area (Å²) in [6, 6.07) is 13.7. The molecule has 0 atom stereocenters. The summed E-state index contributed by atoms with van der Waals surface area (Å²) in [6.07, 6.45) is 0.694. The molecular weight excluding hydrogens is 446 g/mol. The minimum Gasteiger partial charge on any atom is -0.366 e. The van der Waals surface area contributed by atoms with Gasteiger partial charge in [-0.25, -0.2) is 9.38 Å². The number of halogens is 2. The summed E-state index contributed by atoms with van der Waals surface area (Å²) in [6.45, 7) is 3.78. The number of primary amides is 1. The van der Waals surface area contributed by atoms with Crippen molar-refractivity contribution in [1.29, 1.82) is 0 Å². The van der Waals surface area contributed by atoms with Crippen LogP contribution in [0.3, 0.4) is 0 Å². The van der Waals surface area contributed by atoms with Crippen LogP contribution in [0.15, 0.2) is 53.5 Å². The lowest BCUT2D eigenvalue weighted by atomic mass is 10.1. The number of rotatable bonds is 7. The third-order valence-electron chi connectivity index (χ3n) is 3.57. The molecule has 0 saturated heterocycles. The molecule has 0 aliphatic heterocycles. The Morgan fingerprint density at radius 2 is 1.85 bits per heavy atom. The highest BCUT2D eigenvalue weighted by Crippen LogP contribution is 2.06. The number of aliphatic imine (C=N–C) groups is 1. The fourth-order valence-electron chi connectivity index (χ4n) is 2.35. The van der Waals surface area contributed by atoms with E-state index in [1.54, 1.807) is 24.3 Å². The number of nitrogens with zero attached hydrogens (tertiary/aromatic N) is 1. The van der Waals surface area contributed by atoms with Crippen molar-refractivity contribution in [2.24, 2.45) is 10.7 Å². The number of nitrogens with two attached hydrogens (primary N) is 1. The summed E-state index contributed by atoms with van der Waals surface area (Å²) in [5.74, 6) is -0.0123. The smallest absolute Gasteiger partial charge is 0.248 e. The van der Waals surface area contributed by atoms with E-state index in [0.29, 0.717) is 31.0 Å². The van der Waals surface area contributed by atoms with Gasteiger partial charge in [0.05, 0.1) is 6.54 Å². The number of nitrogens with one attached hydrogen (secondary N) is 2. The van der Waals surface area contributed by atoms with Gasteiger partial charge in [-0.1, -0.05) is 24.3 Å². The Hall–Kier alpha value is -2.16. The molecule has 0 aliphatic rings. The molecular formula is C19H24FIN4O. The standard InChI is InChI=1S/C19H23FN4O.HI/c1-2-22-19(23-10-9-14-5-4-8-17(20)12-14)24-13-15-6-3-7-16(11-15)18(21)25;/h3-8,11-12H,2,9-10,13H2,1H3,(H2,21,25)(H2,22,23,24);1H. The molecule has 5 nitrogen and oxygen atoms in total. The lowest BCUT2D eigenvalue weighted by molar-refractivity contribution is 0.1000. The van der Waals surface area contributed by atoms with Gasteiger partial charge in [0.1, 0.15) is 5.82 Å². The minimum atomic E-state index is -0.453. The van der Waals surface area contributed by atoms with Crippen molar-refractivity contribution < 1.29 is 9.18 Å². The quantitative estimate of drug-likeness (QED) is 0.331. The number of hydrogen-bond donors (Lipinski definition) is 3. The first-order valence-corrected chi connectivity index (χ1v) is 8.24. The molecule has 1 amide bonds. The Bertz CT molecular complexity index is 752. The predicted molar refractivity (Wildman–Crippen MR) is 113 cm³/mol. The van der Waals surface area contributed by atoms with Crippen LogP contribution in [0.2, 0.25) is 0 Å². The topological polar surface area (TPSA) is 79.5 Å². The number of carbonyl (C=O) groups excluding carboxylic acids is 1. The normalized spacial score (nSPS) is 10.8. The third kappa shape index (κ3) is 7.38. The maximum absolute atomic E-state index is 13.2. The van der Waals surface area contributed by atoms with E-state index in [9.17, 15) is 9.18 Å². The van der Waals surface area contributed by atoms with Crippen molar-refractivity contribution in [3.05, 3.63) is 71.0 Å². The monoisotopic (exact) mass is 470 g/mol. The van der Waals surface area contributed by atoms with Crippen molar-refractivity contribution in [2.45, 2.75) is 19.9 Å². The van der Waals surface area contributed by atoms with E-state index in [2.05, 4.69) is 15.6 Å². The van der Waals surface area contributed by atoms with Gasteiger partial charge in [-0.05, 0) is 48.7 Å². The second-order valence-corrected chi connectivity index (χ2v) is 5.57. The van der Waals surface area contributed by atoms with E-state index in [0.717, 1.165) is 17.7 Å². The summed E-state index contributed by atoms with van der Waals surface area (Å²) in [7, 11) is 0. The molecule has 26 heavy (non-hydrogen) atoms. The molecule has 0 saturated carbocycles. The first kappa shape index (κ1) is 21.9. The maximum Gasteiger partial charge on any atom is 0.248 e. The lowest BCUT2D eigenvalue weighted by Gasteiger charge is -2.11. The van der Waals surface area contributed by atoms with Gasteiger partial charge in [-0.3, -0.25) is 4.79 Å². The van der Waals surface area contributed by atoms with Crippen LogP contribution in [0.5, 0.6) is 0 Å². The van der Waals surface area contributed by atoms with Crippen molar-refractivity contribution in [3.63, 3.8) is 0 Å². The molecule has 0 unspecified atom stereocenters. The van der Waals surface area contributed by atoms with Gasteiger partial charge in [0.2, 0.25) is 5.91 Å². The SMILES string of the molecule is CCNC(=NCc1cccc(C(N)=O)c1)NCCc1cccc(F)c1.I. The number of benzene rings is 2. The summed E-state index contributed by atoms with van der Waals surface area (Å²) >= 11 is 0. The van der Waals surface area contributed by atoms with Gasteiger partial charge in [-0.15, -0.1) is 24.0 Å². The van der Waals surface area contributed by atoms with Gasteiger partial charge in [0.25, 0.3) is 0 Å². The molecule has 0 fully saturated rings. The average Bonchev–Trinajstić information content (AvgIpc) is 2.60. The van der Waals surface area contributed by atoms with E-state index < -0.39 is 5.91 Å². The van der Waals surface area contributed by atoms with Crippen LogP contribution < -0.4 is 16.4 Å². The highest BCUT2D eigenvalue weighted by atomic mass is 127. The highest BCUT2D eigenvalue weighted by Gasteiger charge is 2.02. The molecule has 7 heteroatoms. The first-order valence-electron chi connectivity index (χ1n) is 8.24. The number of hydrogen-bond acceptors (Lipinski definition) is 2. The Labute approximate surface area is 170 Å². The molecule has 140 valence electrons. The zero-order valence-corrected chi connectivity index (χ0v) is 17.0. The van der Waals surface area contributed by atoms with Crippen LogP contribution in [-0.4, -0.2) is 25.0 Å². The molecule has 2 rings (SSSR count). The average molecular weight is 470 g/mol. The van der Waals surface area contributed by atoms with E-state index >= 15 is 0 Å². The molecule has 0 aliphatic carbocycles. The highest BCUT2D eigenvalue weighted by molar-refractivity contribution is 14.0. The summed E-state index contributed by atoms with van der Waals surface area (Å²) in [5.41, 5.74) is 7.59. The van der Waals surface area contributed by atoms with E-state index in [4.69, 9.17) is 5.73 Å². The molecule has 4 N–H and O–H groups in total. The fraction of sp³-hybridized carbons (Fsp3) is 0.263. The van der Waals surface area contributed by atoms with E-state index in [-0.39, 0.29) is 29.8 Å². The molecule has 0 heterocycles. The molecule has 0 radical (unpaired) electrons. The minimum absolute atomic E-state index is 0. The lowest BCUT2D eigenvalue weighted by Crippen LogP contribution is -2.38. The Morgan fingerprint density at radius 3 is 2.54 bits per heavy atom. The maximum atomic E-state index is 13.2. The summed E-state index contributed by atoms with van der Waals surface area (Å²) in [5, 5.41) is 6.38. The number of guanidine groups is 1. The molecule has 2 aromatic rings. The first-order chi connectivity index (χ1) is 12.1. The van der Waals surface area contributed by atoms with Gasteiger partial charge >= 0.3 is 0 Å². The van der Waals surface area contributed by atoms with E-state index in [1.165, 1.54) is 12.1 Å². The van der Waals surface area contributed by atoms with Crippen molar-refractivity contribution >= 4 is 35.8 Å². The fourth-order valence-corrected chi connectivity index (χ4v) is 2.35. The third-order valence-corrected chi connectivity index (χ3v) is 3.57. The van der Waals surface area contributed by atoms with Gasteiger partial charge in [0, 0.05) is 18.7 Å². The Balaban J connectivity index is 0.00000338. The van der Waals surface area contributed by atoms with E-state index in [1.807, 2.05) is 19.1 Å². The second-order valence-electron chi connectivity index (χ2n) is 5.57. The molecule has 0 bridgehead atoms. The number of carbonyl (C=O) groups is 1. The summed E-state index contributed by atoms with van der Waals surface area (Å²) in [4.78, 5) is 15.7. The van der Waals surface area contributed by atoms with Crippen LogP contribution >= 0.6 is 24.0 Å². The Morgan fingerprint density at radius 1 is 1.12 bits per heavy atom. The molecule has 0 aromatic heterocycles. The van der Waals surface area contributed by atoms with Crippen molar-refractivity contribution in [2.75, 3.05) is 13.1 Å². The van der Waals surface area contributed by atoms with Crippen molar-refractivity contribution in [1.82, 2.24) is 10.6 Å². The zero-order valence-electron chi connectivity index (χ0n) is 14.7. The van der Waals surface area contributed by atoms with Crippen LogP contribution in [0.4, 0.5) is 4.39 Å². The van der Waals surface area contributed by atoms with Crippen molar-refractivity contribution in [3.8, 4) is 0 Å². The van der Waals surface area contributed by atoms with Gasteiger partial charge in [-0.2, -0.15) is 0 Å². The van der Waals surface area contributed by atoms with Gasteiger partial charge < -0.3 is 16.4 Å². The van der Waals surface area contributed by atoms with Crippen LogP contribution in [0.1, 0.15) is 28.4 Å². The largest absolute Gasteiger partial charge is 0.366 e. The number of amides is 1. The Kier molecular flexibility index (Phi) is 9.64. The summed E-state index contributed by atoms with van der Waals surface area (Å²) < 4.78 is 13.2. The van der Waals surface area contributed by atoms with Crippen LogP contribution in [0, 0.1) is 5.82 Å². The molecule has 0 spiro atoms. The van der Waals surface area contributed by atoms with Crippen LogP contribution in [0.25, 0.3) is 0 Å². The predicted octanol–water partition coefficient (Wildman–Crippen LogP) is 2.84. The zero-order chi connectivity index (χ0) is 18.1.